The number of aryl methyl sites for hydroxylation is 2. The molecule has 1 saturated carbocycles. The maximum Gasteiger partial charge on any atom is 0.128 e. The third-order valence-electron chi connectivity index (χ3n) is 7.23. The summed E-state index contributed by atoms with van der Waals surface area (Å²) in [6.45, 7) is 6.63. The van der Waals surface area contributed by atoms with E-state index >= 15 is 0 Å². The average molecular weight is 451 g/mol. The van der Waals surface area contributed by atoms with Crippen LogP contribution in [-0.4, -0.2) is 16.1 Å². The Hall–Kier alpha value is -1.90. The SMILES string of the molecule is CCCCCCCCCC(Oc1ccc(-c2cnc(CCC)nc2)cc1C)C1CCCCC1. The summed E-state index contributed by atoms with van der Waals surface area (Å²) in [5.74, 6) is 2.71. The first-order valence-corrected chi connectivity index (χ1v) is 13.8. The first-order valence-electron chi connectivity index (χ1n) is 13.8. The van der Waals surface area contributed by atoms with Crippen molar-refractivity contribution in [1.82, 2.24) is 9.97 Å². The molecule has 33 heavy (non-hydrogen) atoms. The number of hydrogen-bond donors (Lipinski definition) is 0. The molecule has 3 nitrogen and oxygen atoms in total. The van der Waals surface area contributed by atoms with Gasteiger partial charge in [0.15, 0.2) is 0 Å². The van der Waals surface area contributed by atoms with Gasteiger partial charge in [0.05, 0.1) is 0 Å². The van der Waals surface area contributed by atoms with E-state index in [0.29, 0.717) is 6.10 Å². The van der Waals surface area contributed by atoms with Crippen LogP contribution in [0.15, 0.2) is 30.6 Å². The molecule has 3 heteroatoms. The van der Waals surface area contributed by atoms with Gasteiger partial charge in [0.25, 0.3) is 0 Å². The molecule has 1 heterocycles. The molecule has 0 amide bonds. The van der Waals surface area contributed by atoms with Crippen LogP contribution in [0.5, 0.6) is 5.75 Å². The van der Waals surface area contributed by atoms with Gasteiger partial charge < -0.3 is 4.74 Å². The lowest BCUT2D eigenvalue weighted by atomic mass is 9.83. The Balaban J connectivity index is 1.60. The second-order valence-electron chi connectivity index (χ2n) is 10.1. The molecule has 0 N–H and O–H groups in total. The van der Waals surface area contributed by atoms with Crippen LogP contribution < -0.4 is 4.74 Å². The third kappa shape index (κ3) is 8.43. The number of unbranched alkanes of at least 4 members (excludes halogenated alkanes) is 6. The summed E-state index contributed by atoms with van der Waals surface area (Å²) < 4.78 is 6.74. The number of nitrogens with zero attached hydrogens (tertiary/aromatic N) is 2. The molecule has 1 atom stereocenters. The average Bonchev–Trinajstić information content (AvgIpc) is 2.85. The monoisotopic (exact) mass is 450 g/mol. The molecule has 0 bridgehead atoms. The Bertz CT molecular complexity index is 795. The van der Waals surface area contributed by atoms with Crippen molar-refractivity contribution in [3.63, 3.8) is 0 Å². The van der Waals surface area contributed by atoms with Gasteiger partial charge in [-0.15, -0.1) is 0 Å². The molecule has 1 unspecified atom stereocenters. The maximum atomic E-state index is 6.74. The standard InChI is InChI=1S/C30H46N2O/c1-4-6-7-8-9-10-14-18-29(25-16-12-11-13-17-25)33-28-20-19-26(21-24(28)3)27-22-31-30(15-5-2)32-23-27/h19-23,25,29H,4-18H2,1-3H3. The van der Waals surface area contributed by atoms with Gasteiger partial charge in [-0.25, -0.2) is 9.97 Å². The molecule has 1 aliphatic carbocycles. The number of rotatable bonds is 14. The highest BCUT2D eigenvalue weighted by Crippen LogP contribution is 2.33. The van der Waals surface area contributed by atoms with E-state index < -0.39 is 0 Å². The molecule has 1 fully saturated rings. The fraction of sp³-hybridized carbons (Fsp3) is 0.667. The third-order valence-corrected chi connectivity index (χ3v) is 7.23. The van der Waals surface area contributed by atoms with Crippen molar-refractivity contribution in [1.29, 1.82) is 0 Å². The molecule has 0 aliphatic heterocycles. The van der Waals surface area contributed by atoms with Crippen LogP contribution in [0.1, 0.15) is 115 Å². The number of aromatic nitrogens is 2. The van der Waals surface area contributed by atoms with Gasteiger partial charge in [-0.05, 0) is 68.2 Å². The summed E-state index contributed by atoms with van der Waals surface area (Å²) in [5.41, 5.74) is 3.46. The highest BCUT2D eigenvalue weighted by atomic mass is 16.5. The summed E-state index contributed by atoms with van der Waals surface area (Å²) in [7, 11) is 0. The van der Waals surface area contributed by atoms with Crippen molar-refractivity contribution >= 4 is 0 Å². The predicted octanol–water partition coefficient (Wildman–Crippen LogP) is 8.87. The fourth-order valence-corrected chi connectivity index (χ4v) is 5.18. The van der Waals surface area contributed by atoms with Crippen molar-refractivity contribution in [2.24, 2.45) is 5.92 Å². The minimum atomic E-state index is 0.363. The van der Waals surface area contributed by atoms with E-state index in [1.54, 1.807) is 0 Å². The quantitative estimate of drug-likeness (QED) is 0.270. The molecule has 0 spiro atoms. The van der Waals surface area contributed by atoms with Crippen molar-refractivity contribution in [2.45, 2.75) is 123 Å². The van der Waals surface area contributed by atoms with Gasteiger partial charge in [0.1, 0.15) is 17.7 Å². The highest BCUT2D eigenvalue weighted by Gasteiger charge is 2.25. The van der Waals surface area contributed by atoms with Crippen LogP contribution in [0.25, 0.3) is 11.1 Å². The van der Waals surface area contributed by atoms with Crippen molar-refractivity contribution in [2.75, 3.05) is 0 Å². The van der Waals surface area contributed by atoms with E-state index in [1.165, 1.54) is 94.6 Å². The summed E-state index contributed by atoms with van der Waals surface area (Å²) in [4.78, 5) is 9.06. The molecule has 1 aromatic heterocycles. The van der Waals surface area contributed by atoms with E-state index in [4.69, 9.17) is 4.74 Å². The highest BCUT2D eigenvalue weighted by molar-refractivity contribution is 5.64. The smallest absolute Gasteiger partial charge is 0.128 e. The minimum absolute atomic E-state index is 0.363. The van der Waals surface area contributed by atoms with Crippen molar-refractivity contribution < 1.29 is 4.74 Å². The second-order valence-corrected chi connectivity index (χ2v) is 10.1. The Labute approximate surface area is 202 Å². The molecule has 2 aromatic rings. The number of benzene rings is 1. The Morgan fingerprint density at radius 3 is 2.21 bits per heavy atom. The largest absolute Gasteiger partial charge is 0.490 e. The summed E-state index contributed by atoms with van der Waals surface area (Å²) in [6, 6.07) is 6.58. The zero-order chi connectivity index (χ0) is 23.3. The summed E-state index contributed by atoms with van der Waals surface area (Å²) in [5, 5.41) is 0. The normalized spacial score (nSPS) is 15.5. The molecular formula is C30H46N2O. The molecule has 1 aromatic carbocycles. The van der Waals surface area contributed by atoms with E-state index in [1.807, 2.05) is 12.4 Å². The number of hydrogen-bond acceptors (Lipinski definition) is 3. The van der Waals surface area contributed by atoms with E-state index in [9.17, 15) is 0 Å². The summed E-state index contributed by atoms with van der Waals surface area (Å²) in [6.07, 6.45) is 23.8. The van der Waals surface area contributed by atoms with Crippen molar-refractivity contribution in [3.05, 3.63) is 42.0 Å². The number of ether oxygens (including phenoxy) is 1. The van der Waals surface area contributed by atoms with Gasteiger partial charge in [0, 0.05) is 24.4 Å². The van der Waals surface area contributed by atoms with Crippen LogP contribution in [0.2, 0.25) is 0 Å². The van der Waals surface area contributed by atoms with Crippen LogP contribution >= 0.6 is 0 Å². The fourth-order valence-electron chi connectivity index (χ4n) is 5.18. The first-order chi connectivity index (χ1) is 16.2. The van der Waals surface area contributed by atoms with Crippen molar-refractivity contribution in [3.8, 4) is 16.9 Å². The predicted molar refractivity (Wildman–Crippen MR) is 140 cm³/mol. The molecular weight excluding hydrogens is 404 g/mol. The Morgan fingerprint density at radius 1 is 0.848 bits per heavy atom. The second kappa shape index (κ2) is 14.4. The topological polar surface area (TPSA) is 35.0 Å². The van der Waals surface area contributed by atoms with Crippen LogP contribution in [0, 0.1) is 12.8 Å². The molecule has 0 saturated heterocycles. The molecule has 1 aliphatic rings. The van der Waals surface area contributed by atoms with Gasteiger partial charge in [0.2, 0.25) is 0 Å². The van der Waals surface area contributed by atoms with Crippen LogP contribution in [0.3, 0.4) is 0 Å². The summed E-state index contributed by atoms with van der Waals surface area (Å²) >= 11 is 0. The van der Waals surface area contributed by atoms with E-state index in [-0.39, 0.29) is 0 Å². The Kier molecular flexibility index (Phi) is 11.2. The van der Waals surface area contributed by atoms with Crippen LogP contribution in [0.4, 0.5) is 0 Å². The lowest BCUT2D eigenvalue weighted by molar-refractivity contribution is 0.0962. The molecule has 0 radical (unpaired) electrons. The van der Waals surface area contributed by atoms with Crippen LogP contribution in [-0.2, 0) is 6.42 Å². The molecule has 182 valence electrons. The zero-order valence-electron chi connectivity index (χ0n) is 21.5. The van der Waals surface area contributed by atoms with Gasteiger partial charge >= 0.3 is 0 Å². The molecule has 3 rings (SSSR count). The van der Waals surface area contributed by atoms with Gasteiger partial charge in [-0.3, -0.25) is 0 Å². The lowest BCUT2D eigenvalue weighted by Gasteiger charge is -2.31. The zero-order valence-corrected chi connectivity index (χ0v) is 21.5. The minimum Gasteiger partial charge on any atom is -0.490 e. The van der Waals surface area contributed by atoms with Gasteiger partial charge in [-0.2, -0.15) is 0 Å². The lowest BCUT2D eigenvalue weighted by Crippen LogP contribution is -2.29. The van der Waals surface area contributed by atoms with Gasteiger partial charge in [-0.1, -0.05) is 77.7 Å². The van der Waals surface area contributed by atoms with E-state index in [2.05, 4.69) is 48.9 Å². The maximum absolute atomic E-state index is 6.74. The first kappa shape index (κ1) is 25.7. The Morgan fingerprint density at radius 2 is 1.55 bits per heavy atom. The van der Waals surface area contributed by atoms with E-state index in [0.717, 1.165) is 35.9 Å².